The number of ketones is 1. The molecule has 4 saturated carbocycles. The number of ether oxygens (including phenoxy) is 1. The lowest BCUT2D eigenvalue weighted by Gasteiger charge is -2.44. The van der Waals surface area contributed by atoms with Crippen LogP contribution in [0, 0.1) is 29.1 Å². The summed E-state index contributed by atoms with van der Waals surface area (Å²) in [7, 11) is 0. The standard InChI is InChI=1S/C27H38O4/c1-15-19(13-20(28)14-23(15)29)9-6-17-5-4-12-27(3)21(10-11-22(17)27)16(2)25-26(31-25)24(30)18-7-8-18/h6,9,16,18,20-23,25-26,28-29H,1,4-5,7-8,10-14H2,2-3H3/t16-,20+,21+,22?,23-,25?,26?,27+/m0/s1. The first-order valence-electron chi connectivity index (χ1n) is 12.4. The van der Waals surface area contributed by atoms with Crippen LogP contribution in [-0.4, -0.2) is 40.4 Å². The van der Waals surface area contributed by atoms with Gasteiger partial charge in [0.25, 0.3) is 0 Å². The highest BCUT2D eigenvalue weighted by Gasteiger charge is 2.58. The molecular formula is C27H38O4. The van der Waals surface area contributed by atoms with Crippen molar-refractivity contribution in [2.24, 2.45) is 29.1 Å². The minimum atomic E-state index is -0.633. The molecule has 0 spiro atoms. The van der Waals surface area contributed by atoms with E-state index in [2.05, 4.69) is 32.6 Å². The second-order valence-corrected chi connectivity index (χ2v) is 11.2. The molecule has 31 heavy (non-hydrogen) atoms. The Hall–Kier alpha value is -1.23. The lowest BCUT2D eigenvalue weighted by atomic mass is 9.60. The molecule has 0 amide bonds. The average molecular weight is 427 g/mol. The van der Waals surface area contributed by atoms with Gasteiger partial charge in [-0.2, -0.15) is 0 Å². The van der Waals surface area contributed by atoms with Crippen LogP contribution in [0.2, 0.25) is 0 Å². The smallest absolute Gasteiger partial charge is 0.167 e. The van der Waals surface area contributed by atoms with Crippen molar-refractivity contribution in [2.45, 2.75) is 96.1 Å². The minimum Gasteiger partial charge on any atom is -0.393 e. The number of aliphatic hydroxyl groups is 2. The maximum absolute atomic E-state index is 12.4. The van der Waals surface area contributed by atoms with Gasteiger partial charge in [-0.1, -0.05) is 38.2 Å². The molecule has 5 aliphatic rings. The van der Waals surface area contributed by atoms with Crippen molar-refractivity contribution in [3.8, 4) is 0 Å². The number of carbonyl (C=O) groups excluding carboxylic acids is 1. The first-order chi connectivity index (χ1) is 14.8. The van der Waals surface area contributed by atoms with Crippen molar-refractivity contribution < 1.29 is 19.7 Å². The van der Waals surface area contributed by atoms with E-state index in [-0.39, 0.29) is 23.5 Å². The molecule has 0 aromatic heterocycles. The molecule has 8 atom stereocenters. The molecule has 4 heteroatoms. The van der Waals surface area contributed by atoms with Gasteiger partial charge in [-0.3, -0.25) is 4.79 Å². The molecule has 5 rings (SSSR count). The molecule has 3 unspecified atom stereocenters. The predicted octanol–water partition coefficient (Wildman–Crippen LogP) is 4.51. The van der Waals surface area contributed by atoms with Gasteiger partial charge in [0, 0.05) is 12.3 Å². The average Bonchev–Trinajstić information content (AvgIpc) is 3.64. The van der Waals surface area contributed by atoms with E-state index in [9.17, 15) is 15.0 Å². The van der Waals surface area contributed by atoms with Gasteiger partial charge < -0.3 is 14.9 Å². The van der Waals surface area contributed by atoms with E-state index < -0.39 is 12.2 Å². The Balaban J connectivity index is 1.30. The van der Waals surface area contributed by atoms with Gasteiger partial charge in [0.1, 0.15) is 6.10 Å². The maximum Gasteiger partial charge on any atom is 0.167 e. The van der Waals surface area contributed by atoms with Crippen molar-refractivity contribution in [1.82, 2.24) is 0 Å². The molecule has 5 fully saturated rings. The molecule has 1 heterocycles. The molecule has 0 aromatic rings. The zero-order valence-corrected chi connectivity index (χ0v) is 19.1. The van der Waals surface area contributed by atoms with Crippen LogP contribution in [0.15, 0.2) is 35.5 Å². The van der Waals surface area contributed by atoms with Gasteiger partial charge >= 0.3 is 0 Å². The summed E-state index contributed by atoms with van der Waals surface area (Å²) in [6, 6.07) is 0. The minimum absolute atomic E-state index is 0.122. The van der Waals surface area contributed by atoms with Crippen LogP contribution in [0.4, 0.5) is 0 Å². The molecule has 170 valence electrons. The number of Topliss-reactive ketones (excluding diaryl/α,β-unsaturated/α-hetero) is 1. The summed E-state index contributed by atoms with van der Waals surface area (Å²) < 4.78 is 5.93. The maximum atomic E-state index is 12.4. The largest absolute Gasteiger partial charge is 0.393 e. The second-order valence-electron chi connectivity index (χ2n) is 11.2. The molecule has 0 bridgehead atoms. The third-order valence-electron chi connectivity index (χ3n) is 9.24. The summed E-state index contributed by atoms with van der Waals surface area (Å²) in [5.74, 6) is 2.27. The van der Waals surface area contributed by atoms with Gasteiger partial charge in [-0.05, 0) is 85.7 Å². The lowest BCUT2D eigenvalue weighted by Crippen LogP contribution is -2.37. The molecular weight excluding hydrogens is 388 g/mol. The fourth-order valence-corrected chi connectivity index (χ4v) is 7.19. The van der Waals surface area contributed by atoms with Crippen molar-refractivity contribution in [2.75, 3.05) is 0 Å². The Morgan fingerprint density at radius 3 is 2.74 bits per heavy atom. The summed E-state index contributed by atoms with van der Waals surface area (Å²) in [5, 5.41) is 20.2. The SMILES string of the molecule is C=C1C(=CC=C2CCC[C@@]3(C)C2CC[C@@H]3[C@H](C)C2OC2C(=O)C2CC2)C[C@@H](O)C[C@@H]1O. The molecule has 4 aliphatic carbocycles. The van der Waals surface area contributed by atoms with Crippen molar-refractivity contribution in [3.05, 3.63) is 35.5 Å². The van der Waals surface area contributed by atoms with Gasteiger partial charge in [-0.25, -0.2) is 0 Å². The number of epoxide rings is 1. The van der Waals surface area contributed by atoms with Crippen LogP contribution >= 0.6 is 0 Å². The van der Waals surface area contributed by atoms with E-state index in [0.29, 0.717) is 36.4 Å². The predicted molar refractivity (Wildman–Crippen MR) is 120 cm³/mol. The number of aliphatic hydroxyl groups excluding tert-OH is 2. The molecule has 0 radical (unpaired) electrons. The highest BCUT2D eigenvalue weighted by molar-refractivity contribution is 5.89. The Bertz CT molecular complexity index is 821. The van der Waals surface area contributed by atoms with E-state index in [0.717, 1.165) is 30.4 Å². The number of hydrogen-bond acceptors (Lipinski definition) is 4. The summed E-state index contributed by atoms with van der Waals surface area (Å²) in [6.45, 7) is 8.84. The van der Waals surface area contributed by atoms with Crippen molar-refractivity contribution >= 4 is 5.78 Å². The highest BCUT2D eigenvalue weighted by atomic mass is 16.6. The van der Waals surface area contributed by atoms with Gasteiger partial charge in [0.15, 0.2) is 5.78 Å². The number of hydrogen-bond donors (Lipinski definition) is 2. The number of allylic oxidation sites excluding steroid dienone is 3. The van der Waals surface area contributed by atoms with Crippen LogP contribution in [0.3, 0.4) is 0 Å². The summed E-state index contributed by atoms with van der Waals surface area (Å²) >= 11 is 0. The van der Waals surface area contributed by atoms with E-state index in [1.807, 2.05) is 0 Å². The summed E-state index contributed by atoms with van der Waals surface area (Å²) in [6.07, 6.45) is 12.4. The van der Waals surface area contributed by atoms with Crippen molar-refractivity contribution in [3.63, 3.8) is 0 Å². The van der Waals surface area contributed by atoms with Crippen LogP contribution in [0.5, 0.6) is 0 Å². The highest BCUT2D eigenvalue weighted by Crippen LogP contribution is 2.61. The first-order valence-corrected chi connectivity index (χ1v) is 12.4. The third kappa shape index (κ3) is 3.89. The fourth-order valence-electron chi connectivity index (χ4n) is 7.19. The Labute approximate surface area is 186 Å². The second kappa shape index (κ2) is 7.97. The number of carbonyl (C=O) groups is 1. The molecule has 0 aromatic carbocycles. The van der Waals surface area contributed by atoms with E-state index in [1.54, 1.807) is 0 Å². The zero-order chi connectivity index (χ0) is 21.9. The number of rotatable bonds is 5. The van der Waals surface area contributed by atoms with E-state index in [4.69, 9.17) is 4.74 Å². The van der Waals surface area contributed by atoms with Crippen LogP contribution in [0.25, 0.3) is 0 Å². The van der Waals surface area contributed by atoms with E-state index >= 15 is 0 Å². The van der Waals surface area contributed by atoms with Gasteiger partial charge in [0.2, 0.25) is 0 Å². The molecule has 1 aliphatic heterocycles. The van der Waals surface area contributed by atoms with E-state index in [1.165, 1.54) is 31.3 Å². The van der Waals surface area contributed by atoms with Gasteiger partial charge in [-0.15, -0.1) is 0 Å². The fraction of sp³-hybridized carbons (Fsp3) is 0.741. The summed E-state index contributed by atoms with van der Waals surface area (Å²) in [5.41, 5.74) is 3.53. The Morgan fingerprint density at radius 1 is 1.23 bits per heavy atom. The van der Waals surface area contributed by atoms with Crippen LogP contribution in [0.1, 0.15) is 71.6 Å². The molecule has 2 N–H and O–H groups in total. The quantitative estimate of drug-likeness (QED) is 0.635. The first kappa shape index (κ1) is 21.6. The molecule has 4 nitrogen and oxygen atoms in total. The third-order valence-corrected chi connectivity index (χ3v) is 9.24. The Morgan fingerprint density at radius 2 is 2.00 bits per heavy atom. The Kier molecular flexibility index (Phi) is 5.55. The molecule has 1 saturated heterocycles. The normalized spacial score (nSPS) is 46.3. The van der Waals surface area contributed by atoms with Crippen molar-refractivity contribution in [1.29, 1.82) is 0 Å². The van der Waals surface area contributed by atoms with Crippen LogP contribution in [-0.2, 0) is 9.53 Å². The monoisotopic (exact) mass is 426 g/mol. The van der Waals surface area contributed by atoms with Gasteiger partial charge in [0.05, 0.1) is 18.3 Å². The number of fused-ring (bicyclic) bond motifs is 1. The lowest BCUT2D eigenvalue weighted by molar-refractivity contribution is -0.121. The van der Waals surface area contributed by atoms with Crippen LogP contribution < -0.4 is 0 Å². The topological polar surface area (TPSA) is 70.1 Å². The zero-order valence-electron chi connectivity index (χ0n) is 19.1. The summed E-state index contributed by atoms with van der Waals surface area (Å²) in [4.78, 5) is 12.4.